The van der Waals surface area contributed by atoms with Crippen molar-refractivity contribution in [2.45, 2.75) is 107 Å². The van der Waals surface area contributed by atoms with Gasteiger partial charge < -0.3 is 50.3 Å². The minimum atomic E-state index is -1.61. The lowest BCUT2D eigenvalue weighted by atomic mass is 9.40. The number of aliphatic carboxylic acids is 1. The Morgan fingerprint density at radius 2 is 1.65 bits per heavy atom. The fourth-order valence-electron chi connectivity index (χ4n) is 9.52. The van der Waals surface area contributed by atoms with Crippen LogP contribution in [-0.2, 0) is 14.3 Å². The van der Waals surface area contributed by atoms with Crippen molar-refractivity contribution in [2.24, 2.45) is 34.0 Å². The Morgan fingerprint density at radius 1 is 0.946 bits per heavy atom. The molecule has 37 heavy (non-hydrogen) atoms. The number of aliphatic hydroxyl groups excluding tert-OH is 6. The van der Waals surface area contributed by atoms with Gasteiger partial charge in [-0.15, -0.1) is 0 Å². The zero-order valence-corrected chi connectivity index (χ0v) is 21.4. The molecule has 5 aliphatic rings. The van der Waals surface area contributed by atoms with Gasteiger partial charge in [0.15, 0.2) is 6.29 Å². The highest BCUT2D eigenvalue weighted by molar-refractivity contribution is 5.75. The van der Waals surface area contributed by atoms with Crippen molar-refractivity contribution in [2.75, 3.05) is 13.2 Å². The summed E-state index contributed by atoms with van der Waals surface area (Å²) in [4.78, 5) is 12.6. The molecule has 212 valence electrons. The summed E-state index contributed by atoms with van der Waals surface area (Å²) >= 11 is 0. The van der Waals surface area contributed by atoms with Crippen molar-refractivity contribution in [3.63, 3.8) is 0 Å². The number of carboxylic acids is 1. The summed E-state index contributed by atoms with van der Waals surface area (Å²) in [6, 6.07) is 0. The van der Waals surface area contributed by atoms with Crippen LogP contribution >= 0.6 is 0 Å². The maximum Gasteiger partial charge on any atom is 0.309 e. The average Bonchev–Trinajstić information content (AvgIpc) is 3.03. The van der Waals surface area contributed by atoms with Crippen LogP contribution < -0.4 is 0 Å². The number of fused-ring (bicyclic) bond motifs is 3. The second-order valence-corrected chi connectivity index (χ2v) is 12.9. The number of carboxylic acid groups (broad SMARTS) is 1. The highest BCUT2D eigenvalue weighted by atomic mass is 16.7. The van der Waals surface area contributed by atoms with Gasteiger partial charge in [-0.25, -0.2) is 0 Å². The number of rotatable bonds is 5. The first-order chi connectivity index (χ1) is 17.3. The van der Waals surface area contributed by atoms with E-state index in [9.17, 15) is 45.6 Å². The molecular formula is C26H42O11. The minimum Gasteiger partial charge on any atom is -0.481 e. The van der Waals surface area contributed by atoms with Crippen molar-refractivity contribution in [3.05, 3.63) is 0 Å². The highest BCUT2D eigenvalue weighted by Gasteiger charge is 2.74. The van der Waals surface area contributed by atoms with Crippen molar-refractivity contribution in [1.82, 2.24) is 0 Å². The molecule has 4 aliphatic carbocycles. The van der Waals surface area contributed by atoms with E-state index in [1.807, 2.05) is 6.92 Å². The van der Waals surface area contributed by atoms with Crippen LogP contribution in [0.2, 0.25) is 0 Å². The Labute approximate surface area is 216 Å². The number of ether oxygens (including phenoxy) is 2. The molecule has 0 aromatic carbocycles. The molecule has 8 N–H and O–H groups in total. The Balaban J connectivity index is 1.54. The monoisotopic (exact) mass is 530 g/mol. The second-order valence-electron chi connectivity index (χ2n) is 12.9. The van der Waals surface area contributed by atoms with E-state index in [4.69, 9.17) is 9.47 Å². The molecule has 0 radical (unpaired) electrons. The lowest BCUT2D eigenvalue weighted by Gasteiger charge is -2.66. The minimum absolute atomic E-state index is 0.237. The summed E-state index contributed by atoms with van der Waals surface area (Å²) in [5.41, 5.74) is -4.20. The van der Waals surface area contributed by atoms with Crippen molar-refractivity contribution < 1.29 is 55.1 Å². The standard InChI is InChI=1S/C26H42O11/c1-23(22(33)34)7-6-16(37-20-19(31)18(30)17(29)13(10-27)36-20)24(2)14(23)5-8-25-9-12(3-4-15(24)25)26(35,11-28)21(25)32/h12-21,27-32,35H,3-11H2,1-2H3,(H,33,34)/t12-,13-,14-,15-,16+,17-,18+,19-,20+,21-,23-,24-,25-,26+/m1/s1. The molecule has 1 spiro atoms. The average molecular weight is 531 g/mol. The highest BCUT2D eigenvalue weighted by Crippen LogP contribution is 2.73. The van der Waals surface area contributed by atoms with Crippen LogP contribution in [0.4, 0.5) is 0 Å². The van der Waals surface area contributed by atoms with E-state index in [2.05, 4.69) is 0 Å². The van der Waals surface area contributed by atoms with Gasteiger partial charge in [0.1, 0.15) is 30.0 Å². The quantitative estimate of drug-likeness (QED) is 0.216. The summed E-state index contributed by atoms with van der Waals surface area (Å²) in [7, 11) is 0. The molecule has 1 saturated heterocycles. The molecular weight excluding hydrogens is 488 g/mol. The predicted molar refractivity (Wildman–Crippen MR) is 126 cm³/mol. The number of aliphatic hydroxyl groups is 7. The number of carbonyl (C=O) groups is 1. The molecule has 0 unspecified atom stereocenters. The van der Waals surface area contributed by atoms with Gasteiger partial charge in [-0.3, -0.25) is 4.79 Å². The maximum absolute atomic E-state index is 12.6. The van der Waals surface area contributed by atoms with Crippen molar-refractivity contribution in [1.29, 1.82) is 0 Å². The van der Waals surface area contributed by atoms with Crippen molar-refractivity contribution >= 4 is 5.97 Å². The van der Waals surface area contributed by atoms with E-state index in [0.29, 0.717) is 44.9 Å². The lowest BCUT2D eigenvalue weighted by molar-refractivity contribution is -0.337. The normalized spacial score (nSPS) is 57.4. The van der Waals surface area contributed by atoms with Gasteiger partial charge in [-0.05, 0) is 69.6 Å². The van der Waals surface area contributed by atoms with E-state index in [-0.39, 0.29) is 17.8 Å². The van der Waals surface area contributed by atoms with Gasteiger partial charge in [0.05, 0.1) is 30.8 Å². The first-order valence-electron chi connectivity index (χ1n) is 13.5. The molecule has 14 atom stereocenters. The summed E-state index contributed by atoms with van der Waals surface area (Å²) in [6.07, 6.45) is -5.66. The van der Waals surface area contributed by atoms with Gasteiger partial charge in [0.25, 0.3) is 0 Å². The first-order valence-corrected chi connectivity index (χ1v) is 13.5. The Bertz CT molecular complexity index is 900. The van der Waals surface area contributed by atoms with E-state index >= 15 is 0 Å². The molecule has 0 aromatic rings. The fraction of sp³-hybridized carbons (Fsp3) is 0.962. The van der Waals surface area contributed by atoms with Gasteiger partial charge in [0, 0.05) is 10.8 Å². The third-order valence-corrected chi connectivity index (χ3v) is 11.5. The molecule has 0 amide bonds. The Morgan fingerprint density at radius 3 is 2.27 bits per heavy atom. The Kier molecular flexibility index (Phi) is 6.78. The van der Waals surface area contributed by atoms with Crippen LogP contribution in [0, 0.1) is 34.0 Å². The van der Waals surface area contributed by atoms with Gasteiger partial charge in [-0.1, -0.05) is 6.92 Å². The summed E-state index contributed by atoms with van der Waals surface area (Å²) in [6.45, 7) is 2.58. The van der Waals surface area contributed by atoms with Crippen LogP contribution in [-0.4, -0.2) is 109 Å². The molecule has 11 heteroatoms. The fourth-order valence-corrected chi connectivity index (χ4v) is 9.52. The van der Waals surface area contributed by atoms with Crippen LogP contribution in [0.1, 0.15) is 58.8 Å². The van der Waals surface area contributed by atoms with Crippen molar-refractivity contribution in [3.8, 4) is 0 Å². The molecule has 0 aromatic heterocycles. The van der Waals surface area contributed by atoms with Gasteiger partial charge in [-0.2, -0.15) is 0 Å². The zero-order valence-electron chi connectivity index (χ0n) is 21.4. The van der Waals surface area contributed by atoms with Crippen LogP contribution in [0.5, 0.6) is 0 Å². The van der Waals surface area contributed by atoms with Crippen LogP contribution in [0.15, 0.2) is 0 Å². The molecule has 5 rings (SSSR count). The van der Waals surface area contributed by atoms with E-state index in [1.54, 1.807) is 6.92 Å². The predicted octanol–water partition coefficient (Wildman–Crippen LogP) is -1.03. The maximum atomic E-state index is 12.6. The second kappa shape index (κ2) is 9.07. The number of hydrogen-bond acceptors (Lipinski definition) is 10. The van der Waals surface area contributed by atoms with E-state index < -0.39 is 83.9 Å². The first kappa shape index (κ1) is 27.7. The summed E-state index contributed by atoms with van der Waals surface area (Å²) in [5.74, 6) is -1.75. The molecule has 11 nitrogen and oxygen atoms in total. The van der Waals surface area contributed by atoms with Gasteiger partial charge >= 0.3 is 5.97 Å². The van der Waals surface area contributed by atoms with Crippen LogP contribution in [0.25, 0.3) is 0 Å². The summed E-state index contributed by atoms with van der Waals surface area (Å²) in [5, 5.41) is 83.9. The third-order valence-electron chi connectivity index (χ3n) is 11.5. The topological polar surface area (TPSA) is 197 Å². The largest absolute Gasteiger partial charge is 0.481 e. The molecule has 1 heterocycles. The molecule has 2 bridgehead atoms. The molecule has 4 saturated carbocycles. The lowest BCUT2D eigenvalue weighted by Crippen LogP contribution is -2.67. The summed E-state index contributed by atoms with van der Waals surface area (Å²) < 4.78 is 12.0. The smallest absolute Gasteiger partial charge is 0.309 e. The molecule has 1 aliphatic heterocycles. The van der Waals surface area contributed by atoms with Gasteiger partial charge in [0.2, 0.25) is 0 Å². The number of hydrogen-bond donors (Lipinski definition) is 8. The zero-order chi connectivity index (χ0) is 27.1. The van der Waals surface area contributed by atoms with Crippen LogP contribution in [0.3, 0.4) is 0 Å². The Hall–Kier alpha value is -0.890. The van der Waals surface area contributed by atoms with E-state index in [1.165, 1.54) is 0 Å². The molecule has 5 fully saturated rings. The SMILES string of the molecule is C[C@@]12[C@@H](O[C@@H]3O[C@H](CO)[C@@H](O)[C@H](O)[C@H]3O)CC[C@@](C)(C(=O)O)[C@H]1CC[C@@]13C[C@@H](CC[C@@H]12)[C@@](O)(CO)[C@@H]3O. The van der Waals surface area contributed by atoms with E-state index in [0.717, 1.165) is 0 Å². The third kappa shape index (κ3) is 3.55.